The van der Waals surface area contributed by atoms with Crippen molar-refractivity contribution in [2.45, 2.75) is 19.8 Å². The zero-order valence-electron chi connectivity index (χ0n) is 7.17. The van der Waals surface area contributed by atoms with Crippen LogP contribution in [0.25, 0.3) is 0 Å². The van der Waals surface area contributed by atoms with Crippen molar-refractivity contribution in [3.8, 4) is 0 Å². The highest BCUT2D eigenvalue weighted by atomic mass is 19.1. The Hall–Kier alpha value is -1.18. The highest BCUT2D eigenvalue weighted by Gasteiger charge is 2.08. The molecule has 2 heteroatoms. The summed E-state index contributed by atoms with van der Waals surface area (Å²) in [6, 6.07) is 4.90. The zero-order valence-corrected chi connectivity index (χ0v) is 7.17. The van der Waals surface area contributed by atoms with Gasteiger partial charge in [0.2, 0.25) is 0 Å². The minimum Gasteiger partial charge on any atom is -0.303 e. The number of carbonyl (C=O) groups is 1. The van der Waals surface area contributed by atoms with Gasteiger partial charge in [-0.2, -0.15) is 0 Å². The minimum absolute atomic E-state index is 0.297. The van der Waals surface area contributed by atoms with Gasteiger partial charge in [0, 0.05) is 5.92 Å². The Bertz CT molecular complexity index is 294. The molecule has 0 N–H and O–H groups in total. The number of rotatable bonds is 2. The van der Waals surface area contributed by atoms with Crippen LogP contribution in [0.4, 0.5) is 4.39 Å². The van der Waals surface area contributed by atoms with E-state index in [1.54, 1.807) is 19.1 Å². The van der Waals surface area contributed by atoms with Crippen LogP contribution in [0.2, 0.25) is 0 Å². The van der Waals surface area contributed by atoms with Crippen molar-refractivity contribution in [3.05, 3.63) is 35.1 Å². The molecular weight excluding hydrogens is 155 g/mol. The van der Waals surface area contributed by atoms with Gasteiger partial charge in [0.15, 0.2) is 0 Å². The summed E-state index contributed by atoms with van der Waals surface area (Å²) >= 11 is 0. The third kappa shape index (κ3) is 1.70. The SMILES string of the molecule is Cc1ccc([C@H](C)C=O)c(F)c1. The Morgan fingerprint density at radius 1 is 1.50 bits per heavy atom. The van der Waals surface area contributed by atoms with Gasteiger partial charge in [-0.25, -0.2) is 4.39 Å². The summed E-state index contributed by atoms with van der Waals surface area (Å²) in [6.45, 7) is 3.50. The molecule has 0 aliphatic heterocycles. The van der Waals surface area contributed by atoms with Crippen LogP contribution in [0.15, 0.2) is 18.2 Å². The van der Waals surface area contributed by atoms with E-state index < -0.39 is 0 Å². The monoisotopic (exact) mass is 166 g/mol. The Labute approximate surface area is 71.2 Å². The lowest BCUT2D eigenvalue weighted by molar-refractivity contribution is -0.108. The summed E-state index contributed by atoms with van der Waals surface area (Å²) in [5.41, 5.74) is 1.34. The van der Waals surface area contributed by atoms with Crippen LogP contribution in [0.3, 0.4) is 0 Å². The summed E-state index contributed by atoms with van der Waals surface area (Å²) in [7, 11) is 0. The fourth-order valence-electron chi connectivity index (χ4n) is 1.07. The average Bonchev–Trinajstić information content (AvgIpc) is 2.03. The Morgan fingerprint density at radius 2 is 2.17 bits per heavy atom. The molecule has 1 rings (SSSR count). The van der Waals surface area contributed by atoms with Crippen LogP contribution < -0.4 is 0 Å². The predicted octanol–water partition coefficient (Wildman–Crippen LogP) is 2.44. The molecule has 0 spiro atoms. The first-order chi connectivity index (χ1) is 5.65. The summed E-state index contributed by atoms with van der Waals surface area (Å²) < 4.78 is 13.1. The number of halogens is 1. The lowest BCUT2D eigenvalue weighted by Gasteiger charge is -2.05. The van der Waals surface area contributed by atoms with E-state index in [0.717, 1.165) is 11.8 Å². The van der Waals surface area contributed by atoms with Gasteiger partial charge < -0.3 is 4.79 Å². The molecule has 0 unspecified atom stereocenters. The predicted molar refractivity (Wildman–Crippen MR) is 45.6 cm³/mol. The molecule has 0 heterocycles. The minimum atomic E-state index is -0.356. The zero-order chi connectivity index (χ0) is 9.14. The van der Waals surface area contributed by atoms with Gasteiger partial charge in [0.05, 0.1) is 0 Å². The number of carbonyl (C=O) groups excluding carboxylic acids is 1. The molecule has 64 valence electrons. The van der Waals surface area contributed by atoms with Gasteiger partial charge in [-0.05, 0) is 24.1 Å². The maximum Gasteiger partial charge on any atom is 0.127 e. The van der Waals surface area contributed by atoms with Crippen molar-refractivity contribution >= 4 is 6.29 Å². The molecule has 1 aromatic rings. The molecule has 0 bridgehead atoms. The van der Waals surface area contributed by atoms with Crippen LogP contribution in [0, 0.1) is 12.7 Å². The van der Waals surface area contributed by atoms with E-state index in [9.17, 15) is 9.18 Å². The molecule has 1 aromatic carbocycles. The maximum absolute atomic E-state index is 13.1. The molecule has 0 saturated heterocycles. The largest absolute Gasteiger partial charge is 0.303 e. The molecule has 0 saturated carbocycles. The lowest BCUT2D eigenvalue weighted by atomic mass is 10.0. The van der Waals surface area contributed by atoms with Gasteiger partial charge in [-0.3, -0.25) is 0 Å². The third-order valence-corrected chi connectivity index (χ3v) is 1.85. The van der Waals surface area contributed by atoms with Gasteiger partial charge in [-0.1, -0.05) is 19.1 Å². The van der Waals surface area contributed by atoms with Crippen molar-refractivity contribution in [1.82, 2.24) is 0 Å². The van der Waals surface area contributed by atoms with E-state index in [4.69, 9.17) is 0 Å². The van der Waals surface area contributed by atoms with Gasteiger partial charge >= 0.3 is 0 Å². The highest BCUT2D eigenvalue weighted by molar-refractivity contribution is 5.61. The molecule has 1 nitrogen and oxygen atoms in total. The number of hydrogen-bond donors (Lipinski definition) is 0. The first-order valence-electron chi connectivity index (χ1n) is 3.86. The van der Waals surface area contributed by atoms with Crippen LogP contribution >= 0.6 is 0 Å². The van der Waals surface area contributed by atoms with E-state index in [1.807, 2.05) is 6.92 Å². The van der Waals surface area contributed by atoms with Crippen molar-refractivity contribution in [2.75, 3.05) is 0 Å². The molecule has 0 radical (unpaired) electrons. The molecule has 0 aliphatic rings. The lowest BCUT2D eigenvalue weighted by Crippen LogP contribution is -1.98. The normalized spacial score (nSPS) is 12.6. The Balaban J connectivity index is 3.09. The maximum atomic E-state index is 13.1. The smallest absolute Gasteiger partial charge is 0.127 e. The molecule has 0 aliphatic carbocycles. The first kappa shape index (κ1) is 8.91. The number of aryl methyl sites for hydroxylation is 1. The van der Waals surface area contributed by atoms with Crippen molar-refractivity contribution < 1.29 is 9.18 Å². The second kappa shape index (κ2) is 3.48. The standard InChI is InChI=1S/C10H11FO/c1-7-3-4-9(8(2)6-12)10(11)5-7/h3-6,8H,1-2H3/t8-/m1/s1. The molecule has 1 atom stereocenters. The van der Waals surface area contributed by atoms with Crippen LogP contribution in [0.5, 0.6) is 0 Å². The summed E-state index contributed by atoms with van der Waals surface area (Å²) in [5.74, 6) is -0.653. The average molecular weight is 166 g/mol. The van der Waals surface area contributed by atoms with E-state index >= 15 is 0 Å². The highest BCUT2D eigenvalue weighted by Crippen LogP contribution is 2.17. The molecule has 0 aromatic heterocycles. The number of benzene rings is 1. The fraction of sp³-hybridized carbons (Fsp3) is 0.300. The summed E-state index contributed by atoms with van der Waals surface area (Å²) in [4.78, 5) is 10.4. The van der Waals surface area contributed by atoms with E-state index in [-0.39, 0.29) is 11.7 Å². The Kier molecular flexibility index (Phi) is 2.58. The third-order valence-electron chi connectivity index (χ3n) is 1.85. The second-order valence-electron chi connectivity index (χ2n) is 2.95. The van der Waals surface area contributed by atoms with Crippen LogP contribution in [0.1, 0.15) is 24.0 Å². The molecular formula is C10H11FO. The van der Waals surface area contributed by atoms with E-state index in [0.29, 0.717) is 5.56 Å². The first-order valence-corrected chi connectivity index (χ1v) is 3.86. The molecule has 0 fully saturated rings. The number of hydrogen-bond acceptors (Lipinski definition) is 1. The van der Waals surface area contributed by atoms with Crippen LogP contribution in [-0.4, -0.2) is 6.29 Å². The number of aldehydes is 1. The quantitative estimate of drug-likeness (QED) is 0.617. The van der Waals surface area contributed by atoms with Gasteiger partial charge in [0.25, 0.3) is 0 Å². The Morgan fingerprint density at radius 3 is 2.67 bits per heavy atom. The van der Waals surface area contributed by atoms with Crippen molar-refractivity contribution in [2.24, 2.45) is 0 Å². The van der Waals surface area contributed by atoms with Crippen LogP contribution in [-0.2, 0) is 4.79 Å². The van der Waals surface area contributed by atoms with E-state index in [1.165, 1.54) is 6.07 Å². The van der Waals surface area contributed by atoms with E-state index in [2.05, 4.69) is 0 Å². The summed E-state index contributed by atoms with van der Waals surface area (Å²) in [5, 5.41) is 0. The second-order valence-corrected chi connectivity index (χ2v) is 2.95. The van der Waals surface area contributed by atoms with Gasteiger partial charge in [-0.15, -0.1) is 0 Å². The summed E-state index contributed by atoms with van der Waals surface area (Å²) in [6.07, 6.45) is 0.744. The van der Waals surface area contributed by atoms with Crippen molar-refractivity contribution in [3.63, 3.8) is 0 Å². The fourth-order valence-corrected chi connectivity index (χ4v) is 1.07. The van der Waals surface area contributed by atoms with Gasteiger partial charge in [0.1, 0.15) is 12.1 Å². The topological polar surface area (TPSA) is 17.1 Å². The molecule has 12 heavy (non-hydrogen) atoms. The molecule has 0 amide bonds. The van der Waals surface area contributed by atoms with Crippen molar-refractivity contribution in [1.29, 1.82) is 0 Å².